The Hall–Kier alpha value is 0.0295. The van der Waals surface area contributed by atoms with Gasteiger partial charge in [-0.3, -0.25) is 0 Å². The summed E-state index contributed by atoms with van der Waals surface area (Å²) in [6.45, 7) is 0. The zero-order valence-corrected chi connectivity index (χ0v) is 11.1. The molecule has 2 aliphatic carbocycles. The van der Waals surface area contributed by atoms with E-state index >= 15 is 0 Å². The van der Waals surface area contributed by atoms with Crippen molar-refractivity contribution in [3.8, 4) is 0 Å². The van der Waals surface area contributed by atoms with Gasteiger partial charge in [0.1, 0.15) is 0 Å². The van der Waals surface area contributed by atoms with Crippen LogP contribution >= 0.6 is 11.6 Å². The van der Waals surface area contributed by atoms with E-state index in [-0.39, 0.29) is 0 Å². The molecule has 0 nitrogen and oxygen atoms in total. The molecule has 0 aliphatic heterocycles. The molecule has 0 spiro atoms. The van der Waals surface area contributed by atoms with E-state index in [1.54, 1.807) is 4.46 Å². The molecule has 1 aromatic rings. The third kappa shape index (κ3) is 1.86. The molecule has 0 radical (unpaired) electrons. The Morgan fingerprint density at radius 1 is 1.13 bits per heavy atom. The van der Waals surface area contributed by atoms with Gasteiger partial charge in [-0.05, 0) is 0 Å². The Labute approximate surface area is 103 Å². The number of fused-ring (bicyclic) bond motifs is 2. The summed E-state index contributed by atoms with van der Waals surface area (Å²) < 4.78 is 1.55. The molecule has 80 valence electrons. The van der Waals surface area contributed by atoms with Crippen LogP contribution in [0.1, 0.15) is 19.3 Å². The molecule has 0 N–H and O–H groups in total. The Kier molecular flexibility index (Phi) is 2.81. The van der Waals surface area contributed by atoms with Crippen LogP contribution in [0, 0.1) is 11.8 Å². The maximum absolute atomic E-state index is 6.38. The van der Waals surface area contributed by atoms with Crippen LogP contribution in [0.4, 0.5) is 0 Å². The summed E-state index contributed by atoms with van der Waals surface area (Å²) >= 11 is 7.03. The number of halogens is 1. The van der Waals surface area contributed by atoms with Gasteiger partial charge in [0.05, 0.1) is 0 Å². The van der Waals surface area contributed by atoms with Crippen molar-refractivity contribution in [2.75, 3.05) is 0 Å². The van der Waals surface area contributed by atoms with Gasteiger partial charge in [0.15, 0.2) is 0 Å². The van der Waals surface area contributed by atoms with E-state index < -0.39 is 0 Å². The predicted octanol–water partition coefficient (Wildman–Crippen LogP) is 2.84. The van der Waals surface area contributed by atoms with E-state index in [0.717, 1.165) is 16.7 Å². The van der Waals surface area contributed by atoms with E-state index in [9.17, 15) is 0 Å². The quantitative estimate of drug-likeness (QED) is 0.579. The minimum atomic E-state index is 0.485. The molecular weight excluding hydrogens is 271 g/mol. The first-order chi connectivity index (χ1) is 7.34. The van der Waals surface area contributed by atoms with E-state index in [2.05, 4.69) is 30.3 Å². The van der Waals surface area contributed by atoms with Gasteiger partial charge < -0.3 is 0 Å². The molecular formula is C13H15ClSe. The van der Waals surface area contributed by atoms with Crippen molar-refractivity contribution in [1.82, 2.24) is 0 Å². The number of alkyl halides is 1. The summed E-state index contributed by atoms with van der Waals surface area (Å²) in [7, 11) is 0. The third-order valence-corrected chi connectivity index (χ3v) is 7.52. The average molecular weight is 286 g/mol. The topological polar surface area (TPSA) is 0 Å². The fourth-order valence-electron chi connectivity index (χ4n) is 3.03. The number of hydrogen-bond donors (Lipinski definition) is 0. The van der Waals surface area contributed by atoms with Crippen molar-refractivity contribution in [1.29, 1.82) is 0 Å². The molecule has 0 amide bonds. The van der Waals surface area contributed by atoms with Crippen molar-refractivity contribution in [3.05, 3.63) is 30.3 Å². The van der Waals surface area contributed by atoms with Gasteiger partial charge in [-0.15, -0.1) is 0 Å². The van der Waals surface area contributed by atoms with Gasteiger partial charge in [-0.2, -0.15) is 0 Å². The molecule has 1 aromatic carbocycles. The standard InChI is InChI=1S/C13H15ClSe/c14-12-8-9-6-7-11(12)13(9)15-10-4-2-1-3-5-10/h1-5,9,11-13H,6-8H2/t9-,11+,12-,13?/m1/s1. The Morgan fingerprint density at radius 2 is 1.93 bits per heavy atom. The molecule has 2 bridgehead atoms. The monoisotopic (exact) mass is 286 g/mol. The first-order valence-electron chi connectivity index (χ1n) is 5.70. The Balaban J connectivity index is 1.75. The molecule has 2 fully saturated rings. The molecule has 0 heterocycles. The molecule has 3 rings (SSSR count). The third-order valence-electron chi connectivity index (χ3n) is 3.77. The maximum atomic E-state index is 6.38. The van der Waals surface area contributed by atoms with E-state index in [0.29, 0.717) is 20.3 Å². The van der Waals surface area contributed by atoms with Crippen LogP contribution in [-0.2, 0) is 0 Å². The fraction of sp³-hybridized carbons (Fsp3) is 0.538. The van der Waals surface area contributed by atoms with Gasteiger partial charge in [0, 0.05) is 0 Å². The number of rotatable bonds is 2. The second kappa shape index (κ2) is 4.12. The van der Waals surface area contributed by atoms with E-state index in [1.165, 1.54) is 19.3 Å². The minimum absolute atomic E-state index is 0.485. The summed E-state index contributed by atoms with van der Waals surface area (Å²) in [4.78, 5) is 0.933. The Morgan fingerprint density at radius 3 is 2.53 bits per heavy atom. The van der Waals surface area contributed by atoms with E-state index in [4.69, 9.17) is 11.6 Å². The predicted molar refractivity (Wildman–Crippen MR) is 66.1 cm³/mol. The van der Waals surface area contributed by atoms with Crippen molar-refractivity contribution in [2.24, 2.45) is 11.8 Å². The second-order valence-electron chi connectivity index (χ2n) is 4.65. The SMILES string of the molecule is Cl[C@@H]1C[C@H]2CC[C@@H]1C2[Se]c1ccccc1. The van der Waals surface area contributed by atoms with Gasteiger partial charge in [0.2, 0.25) is 0 Å². The fourth-order valence-corrected chi connectivity index (χ4v) is 7.03. The van der Waals surface area contributed by atoms with Crippen molar-refractivity contribution >= 4 is 31.0 Å². The molecule has 2 aliphatic rings. The summed E-state index contributed by atoms with van der Waals surface area (Å²) in [5.41, 5.74) is 0. The van der Waals surface area contributed by atoms with Crippen LogP contribution in [0.15, 0.2) is 30.3 Å². The summed E-state index contributed by atoms with van der Waals surface area (Å²) in [6.07, 6.45) is 4.11. The zero-order valence-electron chi connectivity index (χ0n) is 8.60. The number of hydrogen-bond acceptors (Lipinski definition) is 0. The molecule has 15 heavy (non-hydrogen) atoms. The zero-order chi connectivity index (χ0) is 10.3. The van der Waals surface area contributed by atoms with Crippen molar-refractivity contribution < 1.29 is 0 Å². The average Bonchev–Trinajstić information content (AvgIpc) is 2.76. The molecule has 2 heteroatoms. The number of benzene rings is 1. The van der Waals surface area contributed by atoms with Crippen LogP contribution in [0.25, 0.3) is 0 Å². The summed E-state index contributed by atoms with van der Waals surface area (Å²) in [5.74, 6) is 1.77. The first kappa shape index (κ1) is 10.2. The summed E-state index contributed by atoms with van der Waals surface area (Å²) in [6, 6.07) is 11.0. The molecule has 2 saturated carbocycles. The van der Waals surface area contributed by atoms with Crippen LogP contribution < -0.4 is 4.46 Å². The molecule has 1 unspecified atom stereocenters. The van der Waals surface area contributed by atoms with Gasteiger partial charge in [-0.25, -0.2) is 0 Å². The molecule has 0 aromatic heterocycles. The second-order valence-corrected chi connectivity index (χ2v) is 7.83. The first-order valence-corrected chi connectivity index (χ1v) is 7.98. The Bertz CT molecular complexity index is 338. The van der Waals surface area contributed by atoms with E-state index in [1.807, 2.05) is 0 Å². The van der Waals surface area contributed by atoms with Crippen molar-refractivity contribution in [2.45, 2.75) is 29.5 Å². The van der Waals surface area contributed by atoms with Gasteiger partial charge >= 0.3 is 103 Å². The van der Waals surface area contributed by atoms with Gasteiger partial charge in [-0.1, -0.05) is 0 Å². The normalized spacial score (nSPS) is 38.5. The van der Waals surface area contributed by atoms with Crippen LogP contribution in [-0.4, -0.2) is 20.3 Å². The molecule has 4 atom stereocenters. The summed E-state index contributed by atoms with van der Waals surface area (Å²) in [5, 5.41) is 0.485. The van der Waals surface area contributed by atoms with Crippen LogP contribution in [0.5, 0.6) is 0 Å². The van der Waals surface area contributed by atoms with Crippen molar-refractivity contribution in [3.63, 3.8) is 0 Å². The molecule has 0 saturated heterocycles. The van der Waals surface area contributed by atoms with Crippen LogP contribution in [0.2, 0.25) is 4.82 Å². The van der Waals surface area contributed by atoms with Gasteiger partial charge in [0.25, 0.3) is 0 Å². The van der Waals surface area contributed by atoms with Crippen LogP contribution in [0.3, 0.4) is 0 Å².